The molecule has 1 aromatic rings. The highest BCUT2D eigenvalue weighted by atomic mass is 14.9. The Balaban J connectivity index is 2.10. The molecule has 0 radical (unpaired) electrons. The van der Waals surface area contributed by atoms with Crippen molar-refractivity contribution in [3.8, 4) is 11.8 Å². The van der Waals surface area contributed by atoms with Crippen molar-refractivity contribution < 1.29 is 0 Å². The number of benzene rings is 1. The molecule has 1 heteroatoms. The molecule has 0 aromatic heterocycles. The topological polar surface area (TPSA) is 12.0 Å². The van der Waals surface area contributed by atoms with Gasteiger partial charge in [0.15, 0.2) is 0 Å². The third kappa shape index (κ3) is 2.61. The Kier molecular flexibility index (Phi) is 3.42. The summed E-state index contributed by atoms with van der Waals surface area (Å²) in [5.41, 5.74) is 2.59. The average molecular weight is 199 g/mol. The zero-order valence-electron chi connectivity index (χ0n) is 9.22. The second-order valence-electron chi connectivity index (χ2n) is 4.02. The minimum absolute atomic E-state index is 0.745. The van der Waals surface area contributed by atoms with Crippen LogP contribution in [0, 0.1) is 11.8 Å². The summed E-state index contributed by atoms with van der Waals surface area (Å²) in [5, 5.41) is 3.39. The fourth-order valence-electron chi connectivity index (χ4n) is 2.14. The van der Waals surface area contributed by atoms with E-state index in [4.69, 9.17) is 0 Å². The van der Waals surface area contributed by atoms with Crippen molar-refractivity contribution in [2.45, 2.75) is 25.7 Å². The largest absolute Gasteiger partial charge is 0.317 e. The van der Waals surface area contributed by atoms with Gasteiger partial charge in [-0.25, -0.2) is 0 Å². The zero-order chi connectivity index (χ0) is 10.5. The molecule has 78 valence electrons. The highest BCUT2D eigenvalue weighted by Crippen LogP contribution is 2.24. The minimum Gasteiger partial charge on any atom is -0.317 e. The molecule has 0 unspecified atom stereocenters. The SMILES string of the molecule is CC#Cc1ccc(C2CCNCC2)cc1. The Labute approximate surface area is 91.9 Å². The van der Waals surface area contributed by atoms with Crippen molar-refractivity contribution in [2.75, 3.05) is 13.1 Å². The molecule has 1 fully saturated rings. The van der Waals surface area contributed by atoms with Crippen molar-refractivity contribution in [1.29, 1.82) is 0 Å². The molecule has 1 nitrogen and oxygen atoms in total. The van der Waals surface area contributed by atoms with E-state index in [1.54, 1.807) is 0 Å². The molecule has 0 spiro atoms. The van der Waals surface area contributed by atoms with E-state index in [0.717, 1.165) is 24.6 Å². The Morgan fingerprint density at radius 3 is 2.40 bits per heavy atom. The first-order chi connectivity index (χ1) is 7.40. The van der Waals surface area contributed by atoms with Gasteiger partial charge >= 0.3 is 0 Å². The molecule has 0 amide bonds. The maximum Gasteiger partial charge on any atom is 0.0245 e. The Morgan fingerprint density at radius 2 is 1.80 bits per heavy atom. The van der Waals surface area contributed by atoms with Crippen LogP contribution < -0.4 is 5.32 Å². The molecule has 0 saturated carbocycles. The third-order valence-electron chi connectivity index (χ3n) is 2.99. The second-order valence-corrected chi connectivity index (χ2v) is 4.02. The van der Waals surface area contributed by atoms with E-state index < -0.39 is 0 Å². The molecule has 1 heterocycles. The van der Waals surface area contributed by atoms with Crippen molar-refractivity contribution in [3.05, 3.63) is 35.4 Å². The summed E-state index contributed by atoms with van der Waals surface area (Å²) < 4.78 is 0. The smallest absolute Gasteiger partial charge is 0.0245 e. The number of hydrogen-bond donors (Lipinski definition) is 1. The van der Waals surface area contributed by atoms with Gasteiger partial charge in [-0.1, -0.05) is 18.1 Å². The van der Waals surface area contributed by atoms with Crippen LogP contribution in [0.15, 0.2) is 24.3 Å². The fraction of sp³-hybridized carbons (Fsp3) is 0.429. The predicted molar refractivity (Wildman–Crippen MR) is 63.8 cm³/mol. The molecule has 0 aliphatic carbocycles. The van der Waals surface area contributed by atoms with Crippen LogP contribution in [0.25, 0.3) is 0 Å². The normalized spacial score (nSPS) is 16.9. The lowest BCUT2D eigenvalue weighted by atomic mass is 9.90. The van der Waals surface area contributed by atoms with Gasteiger partial charge < -0.3 is 5.32 Å². The highest BCUT2D eigenvalue weighted by molar-refractivity contribution is 5.36. The van der Waals surface area contributed by atoms with Gasteiger partial charge in [-0.05, 0) is 56.5 Å². The first-order valence-electron chi connectivity index (χ1n) is 5.63. The third-order valence-corrected chi connectivity index (χ3v) is 2.99. The molecular formula is C14H17N. The van der Waals surface area contributed by atoms with Gasteiger partial charge in [0.1, 0.15) is 0 Å². The van der Waals surface area contributed by atoms with E-state index >= 15 is 0 Å². The van der Waals surface area contributed by atoms with Crippen molar-refractivity contribution in [2.24, 2.45) is 0 Å². The molecule has 1 aliphatic rings. The van der Waals surface area contributed by atoms with Gasteiger partial charge in [0, 0.05) is 5.56 Å². The molecule has 1 aliphatic heterocycles. The summed E-state index contributed by atoms with van der Waals surface area (Å²) in [6.45, 7) is 4.18. The Morgan fingerprint density at radius 1 is 1.13 bits per heavy atom. The average Bonchev–Trinajstić information content (AvgIpc) is 2.32. The van der Waals surface area contributed by atoms with E-state index in [-0.39, 0.29) is 0 Å². The van der Waals surface area contributed by atoms with Crippen LogP contribution in [0.2, 0.25) is 0 Å². The Hall–Kier alpha value is -1.26. The second kappa shape index (κ2) is 5.00. The zero-order valence-corrected chi connectivity index (χ0v) is 9.22. The monoisotopic (exact) mass is 199 g/mol. The number of nitrogens with one attached hydrogen (secondary N) is 1. The molecule has 2 rings (SSSR count). The maximum absolute atomic E-state index is 3.39. The van der Waals surface area contributed by atoms with Gasteiger partial charge in [-0.2, -0.15) is 0 Å². The number of rotatable bonds is 1. The summed E-state index contributed by atoms with van der Waals surface area (Å²) >= 11 is 0. The van der Waals surface area contributed by atoms with E-state index in [2.05, 4.69) is 41.4 Å². The molecule has 15 heavy (non-hydrogen) atoms. The van der Waals surface area contributed by atoms with Crippen LogP contribution in [0.3, 0.4) is 0 Å². The molecule has 0 atom stereocenters. The van der Waals surface area contributed by atoms with Crippen LogP contribution in [0.4, 0.5) is 0 Å². The first-order valence-corrected chi connectivity index (χ1v) is 5.63. The minimum atomic E-state index is 0.745. The highest BCUT2D eigenvalue weighted by Gasteiger charge is 2.14. The van der Waals surface area contributed by atoms with E-state index in [0.29, 0.717) is 0 Å². The Bertz CT molecular complexity index is 361. The van der Waals surface area contributed by atoms with E-state index in [1.165, 1.54) is 18.4 Å². The standard InChI is InChI=1S/C14H17N/c1-2-3-12-4-6-13(7-5-12)14-8-10-15-11-9-14/h4-7,14-15H,8-11H2,1H3. The first kappa shape index (κ1) is 10.3. The lowest BCUT2D eigenvalue weighted by Gasteiger charge is -2.22. The van der Waals surface area contributed by atoms with Crippen LogP contribution in [-0.2, 0) is 0 Å². The van der Waals surface area contributed by atoms with Crippen LogP contribution >= 0.6 is 0 Å². The molecule has 0 bridgehead atoms. The summed E-state index contributed by atoms with van der Waals surface area (Å²) in [6.07, 6.45) is 2.53. The molecule has 1 N–H and O–H groups in total. The van der Waals surface area contributed by atoms with Gasteiger partial charge in [0.2, 0.25) is 0 Å². The lowest BCUT2D eigenvalue weighted by Crippen LogP contribution is -2.26. The van der Waals surface area contributed by atoms with Crippen LogP contribution in [0.5, 0.6) is 0 Å². The predicted octanol–water partition coefficient (Wildman–Crippen LogP) is 2.53. The van der Waals surface area contributed by atoms with E-state index in [9.17, 15) is 0 Å². The van der Waals surface area contributed by atoms with Crippen LogP contribution in [-0.4, -0.2) is 13.1 Å². The molecule has 1 saturated heterocycles. The summed E-state index contributed by atoms with van der Waals surface area (Å²) in [6, 6.07) is 8.73. The fourth-order valence-corrected chi connectivity index (χ4v) is 2.14. The van der Waals surface area contributed by atoms with Gasteiger partial charge in [0.05, 0.1) is 0 Å². The maximum atomic E-state index is 3.39. The summed E-state index contributed by atoms with van der Waals surface area (Å²) in [4.78, 5) is 0. The quantitative estimate of drug-likeness (QED) is 0.685. The summed E-state index contributed by atoms with van der Waals surface area (Å²) in [5.74, 6) is 6.74. The summed E-state index contributed by atoms with van der Waals surface area (Å²) in [7, 11) is 0. The van der Waals surface area contributed by atoms with Crippen molar-refractivity contribution in [3.63, 3.8) is 0 Å². The molecule has 1 aromatic carbocycles. The van der Waals surface area contributed by atoms with Crippen LogP contribution in [0.1, 0.15) is 36.8 Å². The van der Waals surface area contributed by atoms with Gasteiger partial charge in [0.25, 0.3) is 0 Å². The molecular weight excluding hydrogens is 182 g/mol. The van der Waals surface area contributed by atoms with Crippen molar-refractivity contribution >= 4 is 0 Å². The van der Waals surface area contributed by atoms with E-state index in [1.807, 2.05) is 6.92 Å². The van der Waals surface area contributed by atoms with Crippen molar-refractivity contribution in [1.82, 2.24) is 5.32 Å². The lowest BCUT2D eigenvalue weighted by molar-refractivity contribution is 0.460. The number of hydrogen-bond acceptors (Lipinski definition) is 1. The van der Waals surface area contributed by atoms with Gasteiger partial charge in [-0.3, -0.25) is 0 Å². The number of piperidine rings is 1. The van der Waals surface area contributed by atoms with Gasteiger partial charge in [-0.15, -0.1) is 5.92 Å².